The molecule has 3 nitrogen and oxygen atoms in total. The summed E-state index contributed by atoms with van der Waals surface area (Å²) in [4.78, 5) is 4.79. The summed E-state index contributed by atoms with van der Waals surface area (Å²) in [6.07, 6.45) is 2.05. The molecule has 3 rings (SSSR count). The highest BCUT2D eigenvalue weighted by molar-refractivity contribution is 5.79. The molecule has 0 saturated heterocycles. The fourth-order valence-corrected chi connectivity index (χ4v) is 2.65. The first kappa shape index (κ1) is 13.7. The van der Waals surface area contributed by atoms with E-state index in [0.29, 0.717) is 0 Å². The summed E-state index contributed by atoms with van der Waals surface area (Å²) in [7, 11) is 1.69. The third-order valence-electron chi connectivity index (χ3n) is 3.68. The van der Waals surface area contributed by atoms with Gasteiger partial charge in [-0.2, -0.15) is 0 Å². The molecule has 0 unspecified atom stereocenters. The summed E-state index contributed by atoms with van der Waals surface area (Å²) in [5, 5.41) is 0. The van der Waals surface area contributed by atoms with Crippen molar-refractivity contribution in [3.05, 3.63) is 53.9 Å². The van der Waals surface area contributed by atoms with Gasteiger partial charge < -0.3 is 4.74 Å². The molecular weight excluding hydrogens is 260 g/mol. The third-order valence-corrected chi connectivity index (χ3v) is 3.68. The van der Waals surface area contributed by atoms with Gasteiger partial charge in [-0.3, -0.25) is 4.57 Å². The first-order chi connectivity index (χ1) is 10.2. The van der Waals surface area contributed by atoms with Crippen molar-refractivity contribution in [2.24, 2.45) is 0 Å². The smallest absolute Gasteiger partial charge is 0.119 e. The zero-order valence-corrected chi connectivity index (χ0v) is 12.8. The molecule has 3 heteroatoms. The Hall–Kier alpha value is -2.29. The van der Waals surface area contributed by atoms with E-state index in [1.807, 2.05) is 12.1 Å². The molecule has 1 heterocycles. The van der Waals surface area contributed by atoms with E-state index >= 15 is 0 Å². The number of aryl methyl sites for hydroxylation is 2. The van der Waals surface area contributed by atoms with E-state index in [0.717, 1.165) is 35.6 Å². The quantitative estimate of drug-likeness (QED) is 0.712. The molecule has 0 saturated carbocycles. The van der Waals surface area contributed by atoms with Crippen LogP contribution in [-0.2, 0) is 6.42 Å². The number of rotatable bonds is 4. The first-order valence-electron chi connectivity index (χ1n) is 7.35. The lowest BCUT2D eigenvalue weighted by molar-refractivity contribution is 0.414. The van der Waals surface area contributed by atoms with Gasteiger partial charge in [0.05, 0.1) is 18.1 Å². The topological polar surface area (TPSA) is 27.1 Å². The lowest BCUT2D eigenvalue weighted by atomic mass is 10.2. The van der Waals surface area contributed by atoms with Gasteiger partial charge in [0, 0.05) is 12.1 Å². The lowest BCUT2D eigenvalue weighted by Crippen LogP contribution is -2.01. The van der Waals surface area contributed by atoms with Crippen molar-refractivity contribution in [3.63, 3.8) is 0 Å². The van der Waals surface area contributed by atoms with Gasteiger partial charge in [0.15, 0.2) is 0 Å². The van der Waals surface area contributed by atoms with Crippen LogP contribution in [0.5, 0.6) is 5.75 Å². The number of fused-ring (bicyclic) bond motifs is 1. The number of hydrogen-bond acceptors (Lipinski definition) is 2. The van der Waals surface area contributed by atoms with Gasteiger partial charge in [-0.15, -0.1) is 0 Å². The molecule has 0 N–H and O–H groups in total. The minimum absolute atomic E-state index is 0.872. The number of benzene rings is 2. The molecule has 0 aliphatic heterocycles. The number of ether oxygens (including phenoxy) is 1. The predicted molar refractivity (Wildman–Crippen MR) is 86.4 cm³/mol. The average molecular weight is 280 g/mol. The van der Waals surface area contributed by atoms with E-state index in [4.69, 9.17) is 9.72 Å². The predicted octanol–water partition coefficient (Wildman–Crippen LogP) is 4.30. The van der Waals surface area contributed by atoms with Crippen LogP contribution in [0.15, 0.2) is 42.5 Å². The van der Waals surface area contributed by atoms with Crippen molar-refractivity contribution in [2.45, 2.75) is 26.7 Å². The largest absolute Gasteiger partial charge is 0.497 e. The highest BCUT2D eigenvalue weighted by Gasteiger charge is 2.12. The minimum atomic E-state index is 0.872. The van der Waals surface area contributed by atoms with Crippen molar-refractivity contribution in [1.82, 2.24) is 9.55 Å². The van der Waals surface area contributed by atoms with Gasteiger partial charge in [0.25, 0.3) is 0 Å². The van der Waals surface area contributed by atoms with Crippen molar-refractivity contribution in [3.8, 4) is 11.4 Å². The Labute approximate surface area is 125 Å². The highest BCUT2D eigenvalue weighted by Crippen LogP contribution is 2.25. The fourth-order valence-electron chi connectivity index (χ4n) is 2.65. The van der Waals surface area contributed by atoms with E-state index in [-0.39, 0.29) is 0 Å². The Morgan fingerprint density at radius 3 is 2.52 bits per heavy atom. The molecule has 2 aromatic carbocycles. The van der Waals surface area contributed by atoms with Crippen molar-refractivity contribution in [2.75, 3.05) is 7.11 Å². The second-order valence-electron chi connectivity index (χ2n) is 5.30. The van der Waals surface area contributed by atoms with Crippen LogP contribution in [0.4, 0.5) is 0 Å². The van der Waals surface area contributed by atoms with Crippen LogP contribution in [0.25, 0.3) is 16.7 Å². The second kappa shape index (κ2) is 5.60. The number of methoxy groups -OCH3 is 1. The van der Waals surface area contributed by atoms with Gasteiger partial charge in [-0.1, -0.05) is 13.0 Å². The SMILES string of the molecule is CCCc1nc2ccc(C)cc2n1-c1ccc(OC)cc1. The van der Waals surface area contributed by atoms with Gasteiger partial charge >= 0.3 is 0 Å². The van der Waals surface area contributed by atoms with Crippen LogP contribution in [0, 0.1) is 6.92 Å². The molecule has 0 amide bonds. The molecule has 0 spiro atoms. The molecule has 0 radical (unpaired) electrons. The van der Waals surface area contributed by atoms with Gasteiger partial charge in [0.2, 0.25) is 0 Å². The van der Waals surface area contributed by atoms with E-state index < -0.39 is 0 Å². The van der Waals surface area contributed by atoms with Gasteiger partial charge in [-0.05, 0) is 55.3 Å². The van der Waals surface area contributed by atoms with Crippen molar-refractivity contribution < 1.29 is 4.74 Å². The van der Waals surface area contributed by atoms with Crippen LogP contribution < -0.4 is 4.74 Å². The number of nitrogens with zero attached hydrogens (tertiary/aromatic N) is 2. The van der Waals surface area contributed by atoms with E-state index in [1.54, 1.807) is 7.11 Å². The summed E-state index contributed by atoms with van der Waals surface area (Å²) in [5.41, 5.74) is 4.61. The zero-order valence-electron chi connectivity index (χ0n) is 12.8. The summed E-state index contributed by atoms with van der Waals surface area (Å²) in [6.45, 7) is 4.30. The number of aromatic nitrogens is 2. The van der Waals surface area contributed by atoms with Gasteiger partial charge in [0.1, 0.15) is 11.6 Å². The Bertz CT molecular complexity index is 757. The van der Waals surface area contributed by atoms with Crippen LogP contribution in [0.3, 0.4) is 0 Å². The van der Waals surface area contributed by atoms with Crippen molar-refractivity contribution >= 4 is 11.0 Å². The maximum Gasteiger partial charge on any atom is 0.119 e. The molecule has 0 bridgehead atoms. The fraction of sp³-hybridized carbons (Fsp3) is 0.278. The summed E-state index contributed by atoms with van der Waals surface area (Å²) >= 11 is 0. The Morgan fingerprint density at radius 1 is 1.10 bits per heavy atom. The molecular formula is C18H20N2O. The maximum atomic E-state index is 5.25. The average Bonchev–Trinajstić information content (AvgIpc) is 2.85. The molecule has 108 valence electrons. The number of imidazole rings is 1. The normalized spacial score (nSPS) is 11.0. The zero-order chi connectivity index (χ0) is 14.8. The van der Waals surface area contributed by atoms with Crippen LogP contribution in [-0.4, -0.2) is 16.7 Å². The molecule has 21 heavy (non-hydrogen) atoms. The van der Waals surface area contributed by atoms with Gasteiger partial charge in [-0.25, -0.2) is 4.98 Å². The Kier molecular flexibility index (Phi) is 3.65. The first-order valence-corrected chi connectivity index (χ1v) is 7.35. The molecule has 0 atom stereocenters. The third kappa shape index (κ3) is 2.51. The van der Waals surface area contributed by atoms with Crippen LogP contribution in [0.2, 0.25) is 0 Å². The standard InChI is InChI=1S/C18H20N2O/c1-4-5-18-19-16-11-6-13(2)12-17(16)20(18)14-7-9-15(21-3)10-8-14/h6-12H,4-5H2,1-3H3. The molecule has 3 aromatic rings. The van der Waals surface area contributed by atoms with Crippen LogP contribution >= 0.6 is 0 Å². The summed E-state index contributed by atoms with van der Waals surface area (Å²) in [5.74, 6) is 1.99. The molecule has 0 aliphatic carbocycles. The maximum absolute atomic E-state index is 5.25. The summed E-state index contributed by atoms with van der Waals surface area (Å²) in [6, 6.07) is 14.6. The van der Waals surface area contributed by atoms with Crippen LogP contribution in [0.1, 0.15) is 24.7 Å². The van der Waals surface area contributed by atoms with Crippen molar-refractivity contribution in [1.29, 1.82) is 0 Å². The molecule has 0 aliphatic rings. The second-order valence-corrected chi connectivity index (χ2v) is 5.30. The minimum Gasteiger partial charge on any atom is -0.497 e. The van der Waals surface area contributed by atoms with E-state index in [1.165, 1.54) is 11.1 Å². The Balaban J connectivity index is 2.21. The lowest BCUT2D eigenvalue weighted by Gasteiger charge is -2.10. The summed E-state index contributed by atoms with van der Waals surface area (Å²) < 4.78 is 7.50. The van der Waals surface area contributed by atoms with E-state index in [9.17, 15) is 0 Å². The Morgan fingerprint density at radius 2 is 1.86 bits per heavy atom. The van der Waals surface area contributed by atoms with E-state index in [2.05, 4.69) is 48.7 Å². The monoisotopic (exact) mass is 280 g/mol. The number of hydrogen-bond donors (Lipinski definition) is 0. The highest BCUT2D eigenvalue weighted by atomic mass is 16.5. The molecule has 1 aromatic heterocycles. The molecule has 0 fully saturated rings.